The molecule has 6 heteroatoms. The fraction of sp³-hybridized carbons (Fsp3) is 0.647. The van der Waals surface area contributed by atoms with E-state index in [1.54, 1.807) is 13.0 Å². The minimum absolute atomic E-state index is 0.315. The van der Waals surface area contributed by atoms with Crippen molar-refractivity contribution in [2.24, 2.45) is 10.4 Å². The van der Waals surface area contributed by atoms with Crippen LogP contribution >= 0.6 is 0 Å². The molecule has 0 aliphatic carbocycles. The average Bonchev–Trinajstić information content (AvgIpc) is 3.05. The van der Waals surface area contributed by atoms with Crippen molar-refractivity contribution in [1.29, 1.82) is 0 Å². The fourth-order valence-electron chi connectivity index (χ4n) is 2.81. The van der Waals surface area contributed by atoms with E-state index >= 15 is 0 Å². The van der Waals surface area contributed by atoms with Crippen molar-refractivity contribution in [3.63, 3.8) is 0 Å². The minimum Gasteiger partial charge on any atom is -0.465 e. The van der Waals surface area contributed by atoms with Crippen LogP contribution < -0.4 is 5.32 Å². The number of ether oxygens (including phenoxy) is 1. The summed E-state index contributed by atoms with van der Waals surface area (Å²) < 4.78 is 10.4. The Kier molecular flexibility index (Phi) is 5.34. The van der Waals surface area contributed by atoms with Crippen LogP contribution in [0.4, 0.5) is 0 Å². The van der Waals surface area contributed by atoms with Gasteiger partial charge >= 0.3 is 5.97 Å². The summed E-state index contributed by atoms with van der Waals surface area (Å²) in [6.07, 6.45) is 1.16. The maximum Gasteiger partial charge on any atom is 0.341 e. The van der Waals surface area contributed by atoms with Gasteiger partial charge in [0.15, 0.2) is 5.96 Å². The highest BCUT2D eigenvalue weighted by Crippen LogP contribution is 2.28. The van der Waals surface area contributed by atoms with Crippen molar-refractivity contribution in [2.45, 2.75) is 40.7 Å². The van der Waals surface area contributed by atoms with Gasteiger partial charge in [0, 0.05) is 19.6 Å². The van der Waals surface area contributed by atoms with Crippen LogP contribution in [0.5, 0.6) is 0 Å². The Morgan fingerprint density at radius 1 is 1.52 bits per heavy atom. The third-order valence-corrected chi connectivity index (χ3v) is 4.07. The van der Waals surface area contributed by atoms with E-state index in [1.807, 2.05) is 0 Å². The smallest absolute Gasteiger partial charge is 0.341 e. The van der Waals surface area contributed by atoms with Crippen molar-refractivity contribution in [1.82, 2.24) is 10.2 Å². The lowest BCUT2D eigenvalue weighted by Gasteiger charge is -2.23. The zero-order valence-corrected chi connectivity index (χ0v) is 14.7. The van der Waals surface area contributed by atoms with Crippen LogP contribution in [0, 0.1) is 12.3 Å². The van der Waals surface area contributed by atoms with Gasteiger partial charge in [0.2, 0.25) is 0 Å². The number of furan rings is 1. The molecule has 1 aliphatic heterocycles. The van der Waals surface area contributed by atoms with Gasteiger partial charge < -0.3 is 19.4 Å². The molecule has 23 heavy (non-hydrogen) atoms. The van der Waals surface area contributed by atoms with E-state index in [-0.39, 0.29) is 5.97 Å². The van der Waals surface area contributed by atoms with Crippen molar-refractivity contribution >= 4 is 11.9 Å². The summed E-state index contributed by atoms with van der Waals surface area (Å²) in [6.45, 7) is 11.6. The molecule has 0 aromatic carbocycles. The number of carbonyl (C=O) groups is 1. The molecule has 2 heterocycles. The molecule has 0 spiro atoms. The van der Waals surface area contributed by atoms with Crippen LogP contribution in [0.2, 0.25) is 0 Å². The van der Waals surface area contributed by atoms with Gasteiger partial charge in [-0.2, -0.15) is 0 Å². The Labute approximate surface area is 137 Å². The average molecular weight is 321 g/mol. The van der Waals surface area contributed by atoms with Crippen molar-refractivity contribution in [2.75, 3.05) is 26.7 Å². The van der Waals surface area contributed by atoms with E-state index in [4.69, 9.17) is 9.15 Å². The Hall–Kier alpha value is -1.98. The monoisotopic (exact) mass is 321 g/mol. The second-order valence-corrected chi connectivity index (χ2v) is 6.68. The molecule has 0 amide bonds. The molecule has 1 aromatic rings. The summed E-state index contributed by atoms with van der Waals surface area (Å²) in [7, 11) is 1.37. The van der Waals surface area contributed by atoms with Gasteiger partial charge in [-0.3, -0.25) is 0 Å². The maximum atomic E-state index is 11.6. The fourth-order valence-corrected chi connectivity index (χ4v) is 2.81. The number of likely N-dealkylation sites (tertiary alicyclic amines) is 1. The zero-order valence-electron chi connectivity index (χ0n) is 14.7. The Morgan fingerprint density at radius 3 is 2.83 bits per heavy atom. The SMILES string of the molecule is CCNC(=NCc1cc(C(=O)OC)c(C)o1)N1CCC(C)(C)C1. The first-order valence-corrected chi connectivity index (χ1v) is 8.07. The van der Waals surface area contributed by atoms with E-state index in [0.717, 1.165) is 32.0 Å². The number of rotatable bonds is 4. The topological polar surface area (TPSA) is 67.1 Å². The summed E-state index contributed by atoms with van der Waals surface area (Å²) in [5.74, 6) is 1.74. The summed E-state index contributed by atoms with van der Waals surface area (Å²) >= 11 is 0. The highest BCUT2D eigenvalue weighted by atomic mass is 16.5. The number of nitrogens with one attached hydrogen (secondary N) is 1. The van der Waals surface area contributed by atoms with Crippen LogP contribution in [-0.4, -0.2) is 43.6 Å². The lowest BCUT2D eigenvalue weighted by molar-refractivity contribution is 0.0599. The lowest BCUT2D eigenvalue weighted by Crippen LogP contribution is -2.40. The Bertz CT molecular complexity index is 590. The quantitative estimate of drug-likeness (QED) is 0.524. The highest BCUT2D eigenvalue weighted by molar-refractivity contribution is 5.90. The van der Waals surface area contributed by atoms with Gasteiger partial charge in [-0.25, -0.2) is 9.79 Å². The number of aliphatic imine (C=N–C) groups is 1. The Morgan fingerprint density at radius 2 is 2.26 bits per heavy atom. The molecule has 0 atom stereocenters. The largest absolute Gasteiger partial charge is 0.465 e. The van der Waals surface area contributed by atoms with E-state index in [9.17, 15) is 4.79 Å². The summed E-state index contributed by atoms with van der Waals surface area (Å²) in [5, 5.41) is 3.33. The third-order valence-electron chi connectivity index (χ3n) is 4.07. The van der Waals surface area contributed by atoms with Crippen LogP contribution in [0.3, 0.4) is 0 Å². The number of carbonyl (C=O) groups excluding carboxylic acids is 1. The maximum absolute atomic E-state index is 11.6. The number of hydrogen-bond donors (Lipinski definition) is 1. The minimum atomic E-state index is -0.380. The number of nitrogens with zero attached hydrogens (tertiary/aromatic N) is 2. The molecule has 1 fully saturated rings. The Balaban J connectivity index is 2.10. The normalized spacial score (nSPS) is 17.4. The van der Waals surface area contributed by atoms with Gasteiger partial charge in [0.05, 0.1) is 7.11 Å². The van der Waals surface area contributed by atoms with E-state index in [0.29, 0.717) is 29.0 Å². The van der Waals surface area contributed by atoms with Crippen molar-refractivity contribution in [3.05, 3.63) is 23.2 Å². The van der Waals surface area contributed by atoms with Crippen LogP contribution in [0.25, 0.3) is 0 Å². The lowest BCUT2D eigenvalue weighted by atomic mass is 9.93. The molecule has 1 saturated heterocycles. The second-order valence-electron chi connectivity index (χ2n) is 6.68. The molecule has 2 rings (SSSR count). The predicted molar refractivity (Wildman–Crippen MR) is 89.6 cm³/mol. The molecule has 0 unspecified atom stereocenters. The van der Waals surface area contributed by atoms with E-state index in [2.05, 4.69) is 36.0 Å². The van der Waals surface area contributed by atoms with Gasteiger partial charge in [0.1, 0.15) is 23.6 Å². The number of guanidine groups is 1. The highest BCUT2D eigenvalue weighted by Gasteiger charge is 2.30. The molecule has 6 nitrogen and oxygen atoms in total. The number of esters is 1. The predicted octanol–water partition coefficient (Wildman–Crippen LogP) is 2.57. The third kappa shape index (κ3) is 4.27. The first-order valence-electron chi connectivity index (χ1n) is 8.07. The second kappa shape index (κ2) is 7.06. The van der Waals surface area contributed by atoms with Crippen molar-refractivity contribution < 1.29 is 13.9 Å². The molecular weight excluding hydrogens is 294 g/mol. The van der Waals surface area contributed by atoms with Crippen molar-refractivity contribution in [3.8, 4) is 0 Å². The number of methoxy groups -OCH3 is 1. The standard InChI is InChI=1S/C17H27N3O3/c1-6-18-16(20-8-7-17(3,4)11-20)19-10-13-9-14(12(2)23-13)15(21)22-5/h9H,6-8,10-11H2,1-5H3,(H,18,19). The summed E-state index contributed by atoms with van der Waals surface area (Å²) in [5.41, 5.74) is 0.778. The van der Waals surface area contributed by atoms with Crippen LogP contribution in [0.1, 0.15) is 49.1 Å². The van der Waals surface area contributed by atoms with Gasteiger partial charge in [-0.15, -0.1) is 0 Å². The molecule has 1 aromatic heterocycles. The molecule has 0 saturated carbocycles. The van der Waals surface area contributed by atoms with Gasteiger partial charge in [0.25, 0.3) is 0 Å². The van der Waals surface area contributed by atoms with Crippen LogP contribution in [0.15, 0.2) is 15.5 Å². The zero-order chi connectivity index (χ0) is 17.0. The number of aryl methyl sites for hydroxylation is 1. The molecule has 1 N–H and O–H groups in total. The van der Waals surface area contributed by atoms with Crippen LogP contribution in [-0.2, 0) is 11.3 Å². The summed E-state index contributed by atoms with van der Waals surface area (Å²) in [6, 6.07) is 1.71. The van der Waals surface area contributed by atoms with E-state index < -0.39 is 0 Å². The number of hydrogen-bond acceptors (Lipinski definition) is 4. The van der Waals surface area contributed by atoms with Gasteiger partial charge in [-0.05, 0) is 31.7 Å². The molecule has 1 aliphatic rings. The summed E-state index contributed by atoms with van der Waals surface area (Å²) in [4.78, 5) is 18.6. The first kappa shape index (κ1) is 17.4. The molecule has 0 bridgehead atoms. The van der Waals surface area contributed by atoms with Gasteiger partial charge in [-0.1, -0.05) is 13.8 Å². The molecule has 128 valence electrons. The first-order chi connectivity index (χ1) is 10.9. The molecule has 0 radical (unpaired) electrons. The molecular formula is C17H27N3O3. The van der Waals surface area contributed by atoms with E-state index in [1.165, 1.54) is 7.11 Å².